The van der Waals surface area contributed by atoms with Crippen molar-refractivity contribution >= 4 is 40.8 Å². The van der Waals surface area contributed by atoms with Gasteiger partial charge in [-0.1, -0.05) is 18.5 Å². The van der Waals surface area contributed by atoms with Gasteiger partial charge < -0.3 is 29.2 Å². The first-order valence-electron chi connectivity index (χ1n) is 14.9. The number of piperazine rings is 1. The number of aromatic nitrogens is 6. The van der Waals surface area contributed by atoms with E-state index in [1.165, 1.54) is 23.9 Å². The average Bonchev–Trinajstić information content (AvgIpc) is 3.48. The number of hydrogen-bond donors (Lipinski definition) is 1. The van der Waals surface area contributed by atoms with Crippen LogP contribution in [-0.4, -0.2) is 84.9 Å². The minimum absolute atomic E-state index is 0.0224. The molecule has 1 N–H and O–H groups in total. The van der Waals surface area contributed by atoms with E-state index < -0.39 is 41.4 Å². The fraction of sp³-hybridized carbons (Fsp3) is 0.433. The largest absolute Gasteiger partial charge is 0.467 e. The summed E-state index contributed by atoms with van der Waals surface area (Å²) < 4.78 is 52.7. The molecule has 0 unspecified atom stereocenters. The SMILES string of the molecule is CCc1c(N2CCN(C(=O)OC(C)(C)C)CC2)c(=O)n2nc(-c3ccnc(OC)n3)nc2n1CC(=O)Nc1ccc(C(F)(F)F)cc1Cl. The maximum Gasteiger partial charge on any atom is 0.416 e. The number of nitrogens with zero attached hydrogens (tertiary/aromatic N) is 8. The summed E-state index contributed by atoms with van der Waals surface area (Å²) in [7, 11) is 1.39. The number of alkyl halides is 3. The van der Waals surface area contributed by atoms with E-state index in [0.717, 1.165) is 22.7 Å². The van der Waals surface area contributed by atoms with Gasteiger partial charge in [-0.25, -0.2) is 9.78 Å². The van der Waals surface area contributed by atoms with Crippen molar-refractivity contribution in [1.29, 1.82) is 0 Å². The standard InChI is InChI=1S/C30H33ClF3N9O5/c1-6-21-23(40-11-13-41(14-12-40)28(46)48-29(2,3)4)25(45)43-27(38-24(39-43)20-9-10-35-26(37-20)47-5)42(21)16-22(44)36-19-8-7-17(15-18(19)31)30(32,33)34/h7-10,15H,6,11-14,16H2,1-5H3,(H,36,44). The number of benzene rings is 1. The summed E-state index contributed by atoms with van der Waals surface area (Å²) >= 11 is 6.09. The van der Waals surface area contributed by atoms with Gasteiger partial charge in [-0.15, -0.1) is 5.10 Å². The molecule has 0 spiro atoms. The van der Waals surface area contributed by atoms with Crippen molar-refractivity contribution in [2.45, 2.75) is 52.4 Å². The van der Waals surface area contributed by atoms with E-state index in [0.29, 0.717) is 5.69 Å². The molecule has 2 amide bonds. The summed E-state index contributed by atoms with van der Waals surface area (Å²) in [5.41, 5.74) is -1.21. The van der Waals surface area contributed by atoms with Crippen molar-refractivity contribution in [3.05, 3.63) is 57.1 Å². The molecule has 256 valence electrons. The van der Waals surface area contributed by atoms with Crippen LogP contribution in [0.5, 0.6) is 6.01 Å². The number of halogens is 4. The zero-order valence-electron chi connectivity index (χ0n) is 26.8. The maximum absolute atomic E-state index is 14.1. The second kappa shape index (κ2) is 13.3. The Bertz CT molecular complexity index is 1910. The second-order valence-corrected chi connectivity index (χ2v) is 12.2. The van der Waals surface area contributed by atoms with Gasteiger partial charge in [-0.2, -0.15) is 27.7 Å². The number of ether oxygens (including phenoxy) is 2. The zero-order chi connectivity index (χ0) is 35.0. The Morgan fingerprint density at radius 3 is 2.38 bits per heavy atom. The summed E-state index contributed by atoms with van der Waals surface area (Å²) in [5.74, 6) is -0.568. The summed E-state index contributed by atoms with van der Waals surface area (Å²) in [5, 5.41) is 6.68. The lowest BCUT2D eigenvalue weighted by Gasteiger charge is -2.37. The fourth-order valence-electron chi connectivity index (χ4n) is 5.17. The van der Waals surface area contributed by atoms with Gasteiger partial charge in [0.2, 0.25) is 17.5 Å². The number of amides is 2. The van der Waals surface area contributed by atoms with Crippen molar-refractivity contribution < 1.29 is 32.2 Å². The van der Waals surface area contributed by atoms with Crippen LogP contribution in [-0.2, 0) is 28.7 Å². The number of hydrogen-bond acceptors (Lipinski definition) is 10. The third-order valence-corrected chi connectivity index (χ3v) is 7.64. The molecule has 4 heterocycles. The van der Waals surface area contributed by atoms with Crippen molar-refractivity contribution in [1.82, 2.24) is 34.0 Å². The Kier molecular flexibility index (Phi) is 9.53. The molecule has 0 saturated carbocycles. The molecule has 5 rings (SSSR count). The van der Waals surface area contributed by atoms with E-state index in [2.05, 4.69) is 25.4 Å². The third kappa shape index (κ3) is 7.30. The van der Waals surface area contributed by atoms with Crippen molar-refractivity contribution in [2.75, 3.05) is 43.5 Å². The van der Waals surface area contributed by atoms with Crippen LogP contribution in [0, 0.1) is 0 Å². The van der Waals surface area contributed by atoms with Crippen LogP contribution in [0.4, 0.5) is 29.3 Å². The number of rotatable bonds is 7. The van der Waals surface area contributed by atoms with E-state index in [1.807, 2.05) is 4.90 Å². The van der Waals surface area contributed by atoms with Gasteiger partial charge in [0.05, 0.1) is 29.1 Å². The highest BCUT2D eigenvalue weighted by Crippen LogP contribution is 2.34. The van der Waals surface area contributed by atoms with Crippen LogP contribution < -0.4 is 20.5 Å². The molecule has 0 atom stereocenters. The molecule has 48 heavy (non-hydrogen) atoms. The molecule has 1 aliphatic heterocycles. The second-order valence-electron chi connectivity index (χ2n) is 11.8. The third-order valence-electron chi connectivity index (χ3n) is 7.33. The smallest absolute Gasteiger partial charge is 0.416 e. The monoisotopic (exact) mass is 691 g/mol. The minimum Gasteiger partial charge on any atom is -0.467 e. The molecule has 3 aromatic heterocycles. The molecule has 0 aliphatic carbocycles. The number of nitrogens with one attached hydrogen (secondary N) is 1. The van der Waals surface area contributed by atoms with E-state index in [9.17, 15) is 27.6 Å². The number of carbonyl (C=O) groups excluding carboxylic acids is 2. The quantitative estimate of drug-likeness (QED) is 0.298. The Balaban J connectivity index is 1.55. The van der Waals surface area contributed by atoms with E-state index >= 15 is 0 Å². The van der Waals surface area contributed by atoms with Gasteiger partial charge in [-0.05, 0) is 51.5 Å². The van der Waals surface area contributed by atoms with Crippen LogP contribution in [0.1, 0.15) is 39.0 Å². The lowest BCUT2D eigenvalue weighted by molar-refractivity contribution is -0.137. The number of fused-ring (bicyclic) bond motifs is 1. The average molecular weight is 692 g/mol. The number of anilines is 2. The predicted octanol–water partition coefficient (Wildman–Crippen LogP) is 4.29. The van der Waals surface area contributed by atoms with Crippen molar-refractivity contribution in [2.24, 2.45) is 0 Å². The van der Waals surface area contributed by atoms with Gasteiger partial charge in [-0.3, -0.25) is 9.59 Å². The molecule has 1 fully saturated rings. The van der Waals surface area contributed by atoms with Gasteiger partial charge in [0.25, 0.3) is 5.56 Å². The Labute approximate surface area is 277 Å². The fourth-order valence-corrected chi connectivity index (χ4v) is 5.39. The Hall–Kier alpha value is -4.93. The lowest BCUT2D eigenvalue weighted by atomic mass is 10.2. The van der Waals surface area contributed by atoms with Crippen LogP contribution in [0.25, 0.3) is 17.3 Å². The Morgan fingerprint density at radius 1 is 1.06 bits per heavy atom. The zero-order valence-corrected chi connectivity index (χ0v) is 27.5. The van der Waals surface area contributed by atoms with Gasteiger partial charge in [0, 0.05) is 32.4 Å². The van der Waals surface area contributed by atoms with E-state index in [4.69, 9.17) is 21.1 Å². The highest BCUT2D eigenvalue weighted by atomic mass is 35.5. The molecule has 0 bridgehead atoms. The molecular weight excluding hydrogens is 659 g/mol. The first-order chi connectivity index (χ1) is 22.6. The first kappa shape index (κ1) is 34.4. The van der Waals surface area contributed by atoms with Crippen LogP contribution in [0.2, 0.25) is 5.02 Å². The number of methoxy groups -OCH3 is 1. The number of carbonyl (C=O) groups is 2. The lowest BCUT2D eigenvalue weighted by Crippen LogP contribution is -2.51. The van der Waals surface area contributed by atoms with E-state index in [1.54, 1.807) is 32.6 Å². The highest BCUT2D eigenvalue weighted by Gasteiger charge is 2.32. The molecule has 1 aromatic carbocycles. The summed E-state index contributed by atoms with van der Waals surface area (Å²) in [6, 6.07) is 4.18. The van der Waals surface area contributed by atoms with Gasteiger partial charge in [0.1, 0.15) is 23.5 Å². The first-order valence-corrected chi connectivity index (χ1v) is 15.3. The predicted molar refractivity (Wildman–Crippen MR) is 169 cm³/mol. The minimum atomic E-state index is -4.61. The van der Waals surface area contributed by atoms with Crippen LogP contribution >= 0.6 is 11.6 Å². The van der Waals surface area contributed by atoms with Crippen molar-refractivity contribution in [3.8, 4) is 17.5 Å². The summed E-state index contributed by atoms with van der Waals surface area (Å²) in [6.45, 7) is 7.83. The van der Waals surface area contributed by atoms with Crippen molar-refractivity contribution in [3.63, 3.8) is 0 Å². The molecule has 0 radical (unpaired) electrons. The molecular formula is C30H33ClF3N9O5. The molecule has 1 aliphatic rings. The molecule has 4 aromatic rings. The Morgan fingerprint density at radius 2 is 1.77 bits per heavy atom. The molecule has 1 saturated heterocycles. The maximum atomic E-state index is 14.1. The topological polar surface area (TPSA) is 149 Å². The molecule has 18 heteroatoms. The van der Waals surface area contributed by atoms with Gasteiger partial charge >= 0.3 is 18.3 Å². The summed E-state index contributed by atoms with van der Waals surface area (Å²) in [6.07, 6.45) is -3.36. The summed E-state index contributed by atoms with van der Waals surface area (Å²) in [4.78, 5) is 56.4. The normalized spacial score (nSPS) is 13.9. The van der Waals surface area contributed by atoms with Crippen LogP contribution in [0.15, 0.2) is 35.3 Å². The highest BCUT2D eigenvalue weighted by molar-refractivity contribution is 6.33. The van der Waals surface area contributed by atoms with Crippen LogP contribution in [0.3, 0.4) is 0 Å². The van der Waals surface area contributed by atoms with Gasteiger partial charge in [0.15, 0.2) is 0 Å². The van der Waals surface area contributed by atoms with E-state index in [-0.39, 0.29) is 72.3 Å². The molecule has 14 nitrogen and oxygen atoms in total.